The van der Waals surface area contributed by atoms with Gasteiger partial charge in [-0.3, -0.25) is 19.5 Å². The highest BCUT2D eigenvalue weighted by molar-refractivity contribution is 6.52. The van der Waals surface area contributed by atoms with Crippen molar-refractivity contribution in [2.24, 2.45) is 0 Å². The number of anilines is 1. The summed E-state index contributed by atoms with van der Waals surface area (Å²) < 4.78 is 5.50. The number of para-hydroxylation sites is 1. The van der Waals surface area contributed by atoms with Gasteiger partial charge in [0, 0.05) is 23.6 Å². The van der Waals surface area contributed by atoms with Gasteiger partial charge in [0.05, 0.1) is 23.2 Å². The Morgan fingerprint density at radius 1 is 1.13 bits per heavy atom. The Hall–Kier alpha value is -3.64. The SMILES string of the molecule is CCOc1ccc(Cl)c(/C(O)=C2\C(=O)C(=O)N(c3ccccc3)C2c2cccnc2)c1. The molecule has 1 fully saturated rings. The number of carbonyl (C=O) groups excluding carboxylic acids is 2. The van der Waals surface area contributed by atoms with E-state index >= 15 is 0 Å². The quantitative estimate of drug-likeness (QED) is 0.356. The number of aliphatic hydroxyl groups is 1. The molecule has 31 heavy (non-hydrogen) atoms. The van der Waals surface area contributed by atoms with Crippen LogP contribution in [0.4, 0.5) is 5.69 Å². The molecule has 1 saturated heterocycles. The maximum Gasteiger partial charge on any atom is 0.300 e. The molecule has 1 unspecified atom stereocenters. The van der Waals surface area contributed by atoms with Crippen LogP contribution in [-0.4, -0.2) is 28.4 Å². The topological polar surface area (TPSA) is 79.7 Å². The van der Waals surface area contributed by atoms with Gasteiger partial charge in [-0.15, -0.1) is 0 Å². The Morgan fingerprint density at radius 3 is 2.58 bits per heavy atom. The Labute approximate surface area is 184 Å². The van der Waals surface area contributed by atoms with Gasteiger partial charge in [-0.05, 0) is 48.9 Å². The lowest BCUT2D eigenvalue weighted by Gasteiger charge is -2.25. The lowest BCUT2D eigenvalue weighted by molar-refractivity contribution is -0.132. The molecule has 3 aromatic rings. The van der Waals surface area contributed by atoms with E-state index in [0.717, 1.165) is 0 Å². The Balaban J connectivity index is 1.94. The summed E-state index contributed by atoms with van der Waals surface area (Å²) in [6.07, 6.45) is 3.17. The molecule has 0 spiro atoms. The molecule has 1 N–H and O–H groups in total. The van der Waals surface area contributed by atoms with E-state index in [2.05, 4.69) is 4.98 Å². The summed E-state index contributed by atoms with van der Waals surface area (Å²) >= 11 is 6.33. The van der Waals surface area contributed by atoms with Crippen LogP contribution in [0.5, 0.6) is 5.75 Å². The number of carbonyl (C=O) groups is 2. The first-order chi connectivity index (χ1) is 15.0. The van der Waals surface area contributed by atoms with Gasteiger partial charge in [-0.2, -0.15) is 0 Å². The fourth-order valence-corrected chi connectivity index (χ4v) is 3.83. The monoisotopic (exact) mass is 434 g/mol. The minimum absolute atomic E-state index is 0.0580. The van der Waals surface area contributed by atoms with Crippen LogP contribution >= 0.6 is 11.6 Å². The molecule has 4 rings (SSSR count). The molecule has 0 bridgehead atoms. The van der Waals surface area contributed by atoms with Gasteiger partial charge in [0.15, 0.2) is 0 Å². The summed E-state index contributed by atoms with van der Waals surface area (Å²) in [7, 11) is 0. The predicted molar refractivity (Wildman–Crippen MR) is 118 cm³/mol. The number of rotatable bonds is 5. The van der Waals surface area contributed by atoms with Crippen molar-refractivity contribution in [2.45, 2.75) is 13.0 Å². The van der Waals surface area contributed by atoms with Gasteiger partial charge < -0.3 is 9.84 Å². The third-order valence-corrected chi connectivity index (χ3v) is 5.31. The van der Waals surface area contributed by atoms with E-state index in [0.29, 0.717) is 23.6 Å². The first kappa shape index (κ1) is 20.6. The van der Waals surface area contributed by atoms with Crippen LogP contribution in [-0.2, 0) is 9.59 Å². The third kappa shape index (κ3) is 3.78. The smallest absolute Gasteiger partial charge is 0.300 e. The van der Waals surface area contributed by atoms with E-state index in [1.807, 2.05) is 13.0 Å². The maximum absolute atomic E-state index is 13.1. The number of benzene rings is 2. The molecule has 0 saturated carbocycles. The van der Waals surface area contributed by atoms with Crippen LogP contribution in [0.2, 0.25) is 5.02 Å². The van der Waals surface area contributed by atoms with E-state index < -0.39 is 17.7 Å². The highest BCUT2D eigenvalue weighted by Crippen LogP contribution is 2.43. The molecule has 7 heteroatoms. The van der Waals surface area contributed by atoms with E-state index in [4.69, 9.17) is 16.3 Å². The second-order valence-corrected chi connectivity index (χ2v) is 7.27. The zero-order chi connectivity index (χ0) is 22.0. The second-order valence-electron chi connectivity index (χ2n) is 6.87. The number of nitrogens with zero attached hydrogens (tertiary/aromatic N) is 2. The van der Waals surface area contributed by atoms with Crippen LogP contribution in [0.1, 0.15) is 24.1 Å². The summed E-state index contributed by atoms with van der Waals surface area (Å²) in [4.78, 5) is 31.6. The number of ether oxygens (including phenoxy) is 1. The molecule has 2 aromatic carbocycles. The van der Waals surface area contributed by atoms with Gasteiger partial charge in [0.2, 0.25) is 0 Å². The van der Waals surface area contributed by atoms with Crippen LogP contribution in [0.25, 0.3) is 5.76 Å². The van der Waals surface area contributed by atoms with Crippen LogP contribution in [0.3, 0.4) is 0 Å². The average Bonchev–Trinajstić information content (AvgIpc) is 3.06. The summed E-state index contributed by atoms with van der Waals surface area (Å²) in [5.74, 6) is -1.41. The number of hydrogen-bond acceptors (Lipinski definition) is 5. The molecule has 1 aliphatic heterocycles. The van der Waals surface area contributed by atoms with E-state index in [9.17, 15) is 14.7 Å². The van der Waals surface area contributed by atoms with Crippen LogP contribution in [0.15, 0.2) is 78.6 Å². The van der Waals surface area contributed by atoms with Crippen molar-refractivity contribution in [3.05, 3.63) is 94.8 Å². The van der Waals surface area contributed by atoms with Gasteiger partial charge in [-0.1, -0.05) is 35.9 Å². The molecular formula is C24H19ClN2O4. The molecule has 0 radical (unpaired) electrons. The number of aliphatic hydroxyl groups excluding tert-OH is 1. The van der Waals surface area contributed by atoms with Gasteiger partial charge >= 0.3 is 0 Å². The zero-order valence-corrected chi connectivity index (χ0v) is 17.4. The lowest BCUT2D eigenvalue weighted by atomic mass is 9.96. The van der Waals surface area contributed by atoms with Crippen molar-refractivity contribution in [3.63, 3.8) is 0 Å². The first-order valence-electron chi connectivity index (χ1n) is 9.71. The molecule has 1 atom stereocenters. The van der Waals surface area contributed by atoms with Crippen molar-refractivity contribution in [2.75, 3.05) is 11.5 Å². The molecule has 156 valence electrons. The number of amides is 1. The number of Topliss-reactive ketones (excluding diaryl/α,β-unsaturated/α-hetero) is 1. The highest BCUT2D eigenvalue weighted by atomic mass is 35.5. The Bertz CT molecular complexity index is 1160. The molecule has 1 aliphatic rings. The fraction of sp³-hybridized carbons (Fsp3) is 0.125. The zero-order valence-electron chi connectivity index (χ0n) is 16.7. The standard InChI is InChI=1S/C24H19ClN2O4/c1-2-31-17-10-11-19(25)18(13-17)22(28)20-21(15-7-6-12-26-14-15)27(24(30)23(20)29)16-8-4-3-5-9-16/h3-14,21,28H,2H2,1H3/b22-20+. The third-order valence-electron chi connectivity index (χ3n) is 4.98. The first-order valence-corrected chi connectivity index (χ1v) is 10.1. The minimum Gasteiger partial charge on any atom is -0.507 e. The number of aromatic nitrogens is 1. The van der Waals surface area contributed by atoms with E-state index in [1.54, 1.807) is 67.0 Å². The summed E-state index contributed by atoms with van der Waals surface area (Å²) in [6.45, 7) is 2.26. The maximum atomic E-state index is 13.1. The number of hydrogen-bond donors (Lipinski definition) is 1. The molecule has 0 aliphatic carbocycles. The van der Waals surface area contributed by atoms with Gasteiger partial charge in [0.1, 0.15) is 11.5 Å². The second kappa shape index (κ2) is 8.62. The minimum atomic E-state index is -0.858. The normalized spacial score (nSPS) is 17.7. The molecular weight excluding hydrogens is 416 g/mol. The lowest BCUT2D eigenvalue weighted by Crippen LogP contribution is -2.29. The van der Waals surface area contributed by atoms with Gasteiger partial charge in [0.25, 0.3) is 11.7 Å². The Morgan fingerprint density at radius 2 is 1.90 bits per heavy atom. The molecule has 1 amide bonds. The fourth-order valence-electron chi connectivity index (χ4n) is 3.63. The predicted octanol–water partition coefficient (Wildman–Crippen LogP) is 4.76. The molecule has 6 nitrogen and oxygen atoms in total. The average molecular weight is 435 g/mol. The van der Waals surface area contributed by atoms with Crippen molar-refractivity contribution >= 4 is 34.7 Å². The van der Waals surface area contributed by atoms with Crippen LogP contribution < -0.4 is 9.64 Å². The molecule has 2 heterocycles. The Kier molecular flexibility index (Phi) is 5.73. The van der Waals surface area contributed by atoms with Gasteiger partial charge in [-0.25, -0.2) is 0 Å². The molecule has 1 aromatic heterocycles. The largest absolute Gasteiger partial charge is 0.507 e. The van der Waals surface area contributed by atoms with Crippen molar-refractivity contribution in [1.82, 2.24) is 4.98 Å². The summed E-state index contributed by atoms with van der Waals surface area (Å²) in [6, 6.07) is 16.2. The number of halogens is 1. The highest BCUT2D eigenvalue weighted by Gasteiger charge is 2.47. The summed E-state index contributed by atoms with van der Waals surface area (Å²) in [5, 5.41) is 11.4. The summed E-state index contributed by atoms with van der Waals surface area (Å²) in [5.41, 5.74) is 1.28. The van der Waals surface area contributed by atoms with E-state index in [-0.39, 0.29) is 21.9 Å². The van der Waals surface area contributed by atoms with Crippen molar-refractivity contribution in [3.8, 4) is 5.75 Å². The van der Waals surface area contributed by atoms with Crippen LogP contribution in [0, 0.1) is 0 Å². The number of pyridine rings is 1. The van der Waals surface area contributed by atoms with Crippen molar-refractivity contribution in [1.29, 1.82) is 0 Å². The number of ketones is 1. The van der Waals surface area contributed by atoms with Crippen molar-refractivity contribution < 1.29 is 19.4 Å². The van der Waals surface area contributed by atoms with E-state index in [1.165, 1.54) is 4.90 Å².